The molecule has 0 amide bonds. The van der Waals surface area contributed by atoms with Gasteiger partial charge in [0.2, 0.25) is 0 Å². The zero-order valence-electron chi connectivity index (χ0n) is 10.7. The highest BCUT2D eigenvalue weighted by molar-refractivity contribution is 5.89. The summed E-state index contributed by atoms with van der Waals surface area (Å²) in [5.41, 5.74) is 0.299. The summed E-state index contributed by atoms with van der Waals surface area (Å²) in [6.07, 6.45) is 0.706. The summed E-state index contributed by atoms with van der Waals surface area (Å²) in [6.45, 7) is 3.69. The van der Waals surface area contributed by atoms with Gasteiger partial charge >= 0.3 is 5.97 Å². The molecular weight excluding hydrogens is 248 g/mol. The van der Waals surface area contributed by atoms with E-state index < -0.39 is 10.9 Å². The molecule has 0 aromatic heterocycles. The van der Waals surface area contributed by atoms with Crippen LogP contribution in [0.25, 0.3) is 0 Å². The fourth-order valence-electron chi connectivity index (χ4n) is 2.13. The van der Waals surface area contributed by atoms with Crippen LogP contribution in [0.3, 0.4) is 0 Å². The third-order valence-electron chi connectivity index (χ3n) is 3.12. The Kier molecular flexibility index (Phi) is 4.11. The molecule has 1 N–H and O–H groups in total. The van der Waals surface area contributed by atoms with E-state index in [9.17, 15) is 14.9 Å². The number of hydrogen-bond acceptors (Lipinski definition) is 5. The molecule has 1 aliphatic rings. The number of nitro groups is 1. The zero-order valence-corrected chi connectivity index (χ0v) is 10.7. The minimum atomic E-state index is -0.498. The molecule has 1 saturated heterocycles. The molecule has 102 valence electrons. The third kappa shape index (κ3) is 3.51. The van der Waals surface area contributed by atoms with Crippen LogP contribution in [-0.2, 0) is 4.74 Å². The first-order chi connectivity index (χ1) is 9.06. The van der Waals surface area contributed by atoms with Crippen molar-refractivity contribution in [1.82, 2.24) is 5.32 Å². The van der Waals surface area contributed by atoms with Crippen molar-refractivity contribution in [1.29, 1.82) is 0 Å². The van der Waals surface area contributed by atoms with E-state index in [0.717, 1.165) is 13.0 Å². The summed E-state index contributed by atoms with van der Waals surface area (Å²) in [5, 5.41) is 13.7. The molecule has 0 bridgehead atoms. The second kappa shape index (κ2) is 5.79. The highest BCUT2D eigenvalue weighted by atomic mass is 16.6. The van der Waals surface area contributed by atoms with Gasteiger partial charge < -0.3 is 10.1 Å². The van der Waals surface area contributed by atoms with Crippen LogP contribution in [0.4, 0.5) is 5.69 Å². The van der Waals surface area contributed by atoms with E-state index in [0.29, 0.717) is 18.0 Å². The average Bonchev–Trinajstić information content (AvgIpc) is 2.39. The van der Waals surface area contributed by atoms with Gasteiger partial charge in [0.05, 0.1) is 10.5 Å². The summed E-state index contributed by atoms with van der Waals surface area (Å²) in [4.78, 5) is 21.9. The molecule has 1 heterocycles. The van der Waals surface area contributed by atoms with Crippen LogP contribution < -0.4 is 5.32 Å². The van der Waals surface area contributed by atoms with Crippen LogP contribution in [0.5, 0.6) is 0 Å². The molecule has 1 fully saturated rings. The van der Waals surface area contributed by atoms with Gasteiger partial charge in [-0.1, -0.05) is 6.92 Å². The number of esters is 1. The van der Waals surface area contributed by atoms with Gasteiger partial charge in [-0.15, -0.1) is 0 Å². The van der Waals surface area contributed by atoms with Crippen LogP contribution in [0, 0.1) is 16.0 Å². The molecule has 0 spiro atoms. The zero-order chi connectivity index (χ0) is 13.8. The quantitative estimate of drug-likeness (QED) is 0.511. The maximum absolute atomic E-state index is 11.9. The smallest absolute Gasteiger partial charge is 0.338 e. The van der Waals surface area contributed by atoms with E-state index >= 15 is 0 Å². The van der Waals surface area contributed by atoms with E-state index in [1.54, 1.807) is 0 Å². The molecule has 1 aliphatic heterocycles. The first-order valence-electron chi connectivity index (χ1n) is 6.22. The predicted octanol–water partition coefficient (Wildman–Crippen LogP) is 1.75. The van der Waals surface area contributed by atoms with Crippen molar-refractivity contribution in [3.05, 3.63) is 39.9 Å². The first kappa shape index (κ1) is 13.5. The molecule has 0 saturated carbocycles. The number of nitrogens with zero attached hydrogens (tertiary/aromatic N) is 1. The molecule has 6 heteroatoms. The highest BCUT2D eigenvalue weighted by Gasteiger charge is 2.22. The summed E-state index contributed by atoms with van der Waals surface area (Å²) >= 11 is 0. The number of nitrogens with one attached hydrogen (secondary N) is 1. The molecule has 19 heavy (non-hydrogen) atoms. The van der Waals surface area contributed by atoms with Crippen LogP contribution in [0.15, 0.2) is 24.3 Å². The topological polar surface area (TPSA) is 81.5 Å². The molecular formula is C13H16N2O4. The van der Waals surface area contributed by atoms with Crippen molar-refractivity contribution in [3.8, 4) is 0 Å². The average molecular weight is 264 g/mol. The Hall–Kier alpha value is -1.95. The molecule has 1 aromatic rings. The van der Waals surface area contributed by atoms with Gasteiger partial charge in [-0.25, -0.2) is 4.79 Å². The second-order valence-electron chi connectivity index (χ2n) is 4.83. The van der Waals surface area contributed by atoms with Gasteiger partial charge in [0.1, 0.15) is 6.10 Å². The van der Waals surface area contributed by atoms with Crippen molar-refractivity contribution in [2.45, 2.75) is 19.4 Å². The van der Waals surface area contributed by atoms with Crippen molar-refractivity contribution < 1.29 is 14.5 Å². The van der Waals surface area contributed by atoms with Gasteiger partial charge in [-0.2, -0.15) is 0 Å². The summed E-state index contributed by atoms with van der Waals surface area (Å²) < 4.78 is 5.38. The Morgan fingerprint density at radius 1 is 1.37 bits per heavy atom. The number of hydrogen-bond donors (Lipinski definition) is 1. The molecule has 1 aromatic carbocycles. The number of carbonyl (C=O) groups excluding carboxylic acids is 1. The lowest BCUT2D eigenvalue weighted by Crippen LogP contribution is -2.40. The van der Waals surface area contributed by atoms with E-state index in [4.69, 9.17) is 4.74 Å². The maximum atomic E-state index is 11.9. The van der Waals surface area contributed by atoms with Gasteiger partial charge in [-0.3, -0.25) is 10.1 Å². The number of piperidine rings is 1. The third-order valence-corrected chi connectivity index (χ3v) is 3.12. The van der Waals surface area contributed by atoms with Gasteiger partial charge in [0.15, 0.2) is 0 Å². The monoisotopic (exact) mass is 264 g/mol. The second-order valence-corrected chi connectivity index (χ2v) is 4.83. The molecule has 6 nitrogen and oxygen atoms in total. The van der Waals surface area contributed by atoms with Crippen molar-refractivity contribution in [3.63, 3.8) is 0 Å². The Bertz CT molecular complexity index is 472. The van der Waals surface area contributed by atoms with Crippen LogP contribution in [-0.4, -0.2) is 30.1 Å². The van der Waals surface area contributed by atoms with Crippen molar-refractivity contribution >= 4 is 11.7 Å². The number of carbonyl (C=O) groups is 1. The van der Waals surface area contributed by atoms with Gasteiger partial charge in [-0.05, 0) is 31.0 Å². The minimum absolute atomic E-state index is 0.0375. The summed E-state index contributed by atoms with van der Waals surface area (Å²) in [5.74, 6) is 0.0409. The molecule has 2 rings (SSSR count). The fourth-order valence-corrected chi connectivity index (χ4v) is 2.13. The Labute approximate surface area is 110 Å². The van der Waals surface area contributed by atoms with E-state index in [-0.39, 0.29) is 11.8 Å². The molecule has 0 aliphatic carbocycles. The highest BCUT2D eigenvalue weighted by Crippen LogP contribution is 2.16. The minimum Gasteiger partial charge on any atom is -0.457 e. The summed E-state index contributed by atoms with van der Waals surface area (Å²) in [6, 6.07) is 5.44. The standard InChI is InChI=1S/C13H16N2O4/c1-9-6-12(8-14-7-9)19-13(16)10-2-4-11(5-3-10)15(17)18/h2-5,9,12,14H,6-8H2,1H3/t9-,12-/m1/s1. The SMILES string of the molecule is C[C@H]1CNC[C@H](OC(=O)c2ccc([N+](=O)[O-])cc2)C1. The Morgan fingerprint density at radius 3 is 2.63 bits per heavy atom. The largest absolute Gasteiger partial charge is 0.457 e. The summed E-state index contributed by atoms with van der Waals surface area (Å²) in [7, 11) is 0. The number of non-ortho nitro benzene ring substituents is 1. The lowest BCUT2D eigenvalue weighted by atomic mass is 10.00. The number of nitro benzene ring substituents is 1. The molecule has 0 unspecified atom stereocenters. The Balaban J connectivity index is 1.97. The van der Waals surface area contributed by atoms with E-state index in [1.807, 2.05) is 0 Å². The van der Waals surface area contributed by atoms with Crippen molar-refractivity contribution in [2.75, 3.05) is 13.1 Å². The lowest BCUT2D eigenvalue weighted by Gasteiger charge is -2.27. The van der Waals surface area contributed by atoms with Crippen molar-refractivity contribution in [2.24, 2.45) is 5.92 Å². The van der Waals surface area contributed by atoms with E-state index in [2.05, 4.69) is 12.2 Å². The lowest BCUT2D eigenvalue weighted by molar-refractivity contribution is -0.384. The number of benzene rings is 1. The van der Waals surface area contributed by atoms with Crippen LogP contribution in [0.1, 0.15) is 23.7 Å². The number of rotatable bonds is 3. The Morgan fingerprint density at radius 2 is 2.05 bits per heavy atom. The van der Waals surface area contributed by atoms with Crippen LogP contribution >= 0.6 is 0 Å². The normalized spacial score (nSPS) is 22.8. The first-order valence-corrected chi connectivity index (χ1v) is 6.22. The van der Waals surface area contributed by atoms with E-state index in [1.165, 1.54) is 24.3 Å². The predicted molar refractivity (Wildman–Crippen MR) is 69.0 cm³/mol. The maximum Gasteiger partial charge on any atom is 0.338 e. The van der Waals surface area contributed by atoms with Gasteiger partial charge in [0.25, 0.3) is 5.69 Å². The fraction of sp³-hybridized carbons (Fsp3) is 0.462. The molecule has 0 radical (unpaired) electrons. The van der Waals surface area contributed by atoms with Gasteiger partial charge in [0, 0.05) is 18.7 Å². The number of ether oxygens (including phenoxy) is 1. The molecule has 2 atom stereocenters. The van der Waals surface area contributed by atoms with Crippen LogP contribution in [0.2, 0.25) is 0 Å².